The molecule has 1 saturated carbocycles. The Kier molecular flexibility index (Phi) is 10.3. The Morgan fingerprint density at radius 2 is 1.85 bits per heavy atom. The van der Waals surface area contributed by atoms with E-state index in [1.54, 1.807) is 10.7 Å². The lowest BCUT2D eigenvalue weighted by Gasteiger charge is -2.15. The summed E-state index contributed by atoms with van der Waals surface area (Å²) in [6.45, 7) is 7.37. The van der Waals surface area contributed by atoms with Crippen LogP contribution in [0.1, 0.15) is 64.9 Å². The van der Waals surface area contributed by atoms with Crippen LogP contribution in [-0.2, 0) is 0 Å². The van der Waals surface area contributed by atoms with Crippen molar-refractivity contribution in [1.82, 2.24) is 19.6 Å². The van der Waals surface area contributed by atoms with E-state index < -0.39 is 6.43 Å². The van der Waals surface area contributed by atoms with E-state index in [1.165, 1.54) is 39.0 Å². The van der Waals surface area contributed by atoms with Crippen LogP contribution in [0.2, 0.25) is 0 Å². The van der Waals surface area contributed by atoms with Gasteiger partial charge in [-0.05, 0) is 51.3 Å². The molecule has 1 aliphatic rings. The van der Waals surface area contributed by atoms with E-state index in [2.05, 4.69) is 26.1 Å². The second kappa shape index (κ2) is 12.9. The summed E-state index contributed by atoms with van der Waals surface area (Å²) in [6.07, 6.45) is 9.92. The first-order chi connectivity index (χ1) is 15.7. The summed E-state index contributed by atoms with van der Waals surface area (Å²) in [7, 11) is 0. The zero-order chi connectivity index (χ0) is 24.4. The van der Waals surface area contributed by atoms with Gasteiger partial charge in [0.15, 0.2) is 5.82 Å². The molecule has 0 amide bonds. The minimum absolute atomic E-state index is 0.0278. The molecule has 3 heterocycles. The van der Waals surface area contributed by atoms with Crippen molar-refractivity contribution in [1.29, 1.82) is 0 Å². The Morgan fingerprint density at radius 1 is 1.18 bits per heavy atom. The SMILES string of the molecule is CC(C)=Nc1ncc(-c2ccn3nc(N)ncc23)cc1C.CCC(F)F.NC1CCCCC1. The zero-order valence-electron chi connectivity index (χ0n) is 19.9. The number of hydrogen-bond donors (Lipinski definition) is 2. The summed E-state index contributed by atoms with van der Waals surface area (Å²) in [6, 6.07) is 4.59. The molecule has 0 aliphatic heterocycles. The van der Waals surface area contributed by atoms with Gasteiger partial charge in [0.05, 0.1) is 11.7 Å². The van der Waals surface area contributed by atoms with Crippen LogP contribution in [0.5, 0.6) is 0 Å². The van der Waals surface area contributed by atoms with Crippen LogP contribution in [-0.4, -0.2) is 37.8 Å². The number of aryl methyl sites for hydroxylation is 1. The highest BCUT2D eigenvalue weighted by Gasteiger charge is 2.09. The van der Waals surface area contributed by atoms with Crippen molar-refractivity contribution in [2.75, 3.05) is 5.73 Å². The summed E-state index contributed by atoms with van der Waals surface area (Å²) in [5.74, 6) is 1.00. The Labute approximate surface area is 194 Å². The van der Waals surface area contributed by atoms with Crippen LogP contribution >= 0.6 is 0 Å². The van der Waals surface area contributed by atoms with Crippen molar-refractivity contribution in [3.05, 3.63) is 36.3 Å². The molecule has 33 heavy (non-hydrogen) atoms. The van der Waals surface area contributed by atoms with E-state index in [4.69, 9.17) is 11.5 Å². The second-order valence-corrected chi connectivity index (χ2v) is 8.30. The van der Waals surface area contributed by atoms with E-state index in [0.717, 1.165) is 33.7 Å². The van der Waals surface area contributed by atoms with Gasteiger partial charge in [0.1, 0.15) is 0 Å². The highest BCUT2D eigenvalue weighted by molar-refractivity contribution is 5.83. The summed E-state index contributed by atoms with van der Waals surface area (Å²) < 4.78 is 23.2. The molecule has 3 aromatic rings. The van der Waals surface area contributed by atoms with Crippen LogP contribution in [0, 0.1) is 6.92 Å². The van der Waals surface area contributed by atoms with Crippen molar-refractivity contribution in [2.24, 2.45) is 10.7 Å². The second-order valence-electron chi connectivity index (χ2n) is 8.30. The third-order valence-electron chi connectivity index (χ3n) is 5.08. The third-order valence-corrected chi connectivity index (χ3v) is 5.08. The summed E-state index contributed by atoms with van der Waals surface area (Å²) in [4.78, 5) is 12.9. The Hall–Kier alpha value is -2.94. The Balaban J connectivity index is 0.000000264. The largest absolute Gasteiger partial charge is 0.367 e. The topological polar surface area (TPSA) is 107 Å². The van der Waals surface area contributed by atoms with Crippen molar-refractivity contribution in [3.8, 4) is 11.1 Å². The normalized spacial score (nSPS) is 13.7. The number of nitrogens with two attached hydrogens (primary N) is 2. The van der Waals surface area contributed by atoms with Gasteiger partial charge in [-0.1, -0.05) is 26.2 Å². The first kappa shape index (κ1) is 26.3. The molecule has 7 nitrogen and oxygen atoms in total. The minimum Gasteiger partial charge on any atom is -0.367 e. The van der Waals surface area contributed by atoms with Crippen LogP contribution in [0.4, 0.5) is 20.5 Å². The number of fused-ring (bicyclic) bond motifs is 1. The molecule has 0 unspecified atom stereocenters. The molecular formula is C24H35F2N7. The van der Waals surface area contributed by atoms with Crippen molar-refractivity contribution < 1.29 is 8.78 Å². The molecule has 3 aromatic heterocycles. The number of pyridine rings is 1. The first-order valence-corrected chi connectivity index (χ1v) is 11.3. The predicted molar refractivity (Wildman–Crippen MR) is 131 cm³/mol. The van der Waals surface area contributed by atoms with Gasteiger partial charge in [0.25, 0.3) is 0 Å². The highest BCUT2D eigenvalue weighted by atomic mass is 19.3. The maximum atomic E-state index is 10.8. The van der Waals surface area contributed by atoms with Gasteiger partial charge in [0, 0.05) is 41.7 Å². The molecule has 1 aliphatic carbocycles. The van der Waals surface area contributed by atoms with Crippen LogP contribution in [0.25, 0.3) is 16.6 Å². The predicted octanol–water partition coefficient (Wildman–Crippen LogP) is 5.73. The number of nitrogens with zero attached hydrogens (tertiary/aromatic N) is 5. The summed E-state index contributed by atoms with van der Waals surface area (Å²) in [5, 5.41) is 4.14. The average Bonchev–Trinajstić information content (AvgIpc) is 3.19. The minimum atomic E-state index is -2.12. The lowest BCUT2D eigenvalue weighted by molar-refractivity contribution is 0.144. The number of anilines is 1. The zero-order valence-corrected chi connectivity index (χ0v) is 19.9. The molecule has 4 rings (SSSR count). The molecule has 0 saturated heterocycles. The maximum absolute atomic E-state index is 10.8. The number of halogens is 2. The quantitative estimate of drug-likeness (QED) is 0.486. The van der Waals surface area contributed by atoms with Crippen molar-refractivity contribution in [2.45, 2.75) is 78.7 Å². The van der Waals surface area contributed by atoms with Gasteiger partial charge in [-0.15, -0.1) is 5.10 Å². The van der Waals surface area contributed by atoms with Crippen LogP contribution in [0.15, 0.2) is 35.7 Å². The molecule has 1 fully saturated rings. The average molecular weight is 460 g/mol. The summed E-state index contributed by atoms with van der Waals surface area (Å²) in [5.41, 5.74) is 16.2. The van der Waals surface area contributed by atoms with Gasteiger partial charge in [-0.25, -0.2) is 28.3 Å². The lowest BCUT2D eigenvalue weighted by Crippen LogP contribution is -2.22. The molecule has 0 bridgehead atoms. The smallest absolute Gasteiger partial charge is 0.238 e. The van der Waals surface area contributed by atoms with Crippen molar-refractivity contribution in [3.63, 3.8) is 0 Å². The molecule has 0 radical (unpaired) electrons. The van der Waals surface area contributed by atoms with Gasteiger partial charge >= 0.3 is 0 Å². The number of hydrogen-bond acceptors (Lipinski definition) is 6. The van der Waals surface area contributed by atoms with E-state index in [-0.39, 0.29) is 12.4 Å². The van der Waals surface area contributed by atoms with Crippen LogP contribution < -0.4 is 11.5 Å². The summed E-state index contributed by atoms with van der Waals surface area (Å²) >= 11 is 0. The Morgan fingerprint density at radius 3 is 2.36 bits per heavy atom. The van der Waals surface area contributed by atoms with Gasteiger partial charge in [-0.2, -0.15) is 0 Å². The fraction of sp³-hybridized carbons (Fsp3) is 0.500. The van der Waals surface area contributed by atoms with Gasteiger partial charge in [-0.3, -0.25) is 0 Å². The number of aliphatic imine (C=N–C) groups is 1. The standard InChI is InChI=1S/C15H16N6.C6H13N.C3H6F2/c1-9(2)19-14-10(3)6-11(7-17-14)12-4-5-21-13(12)8-18-15(16)20-21;7-6-4-2-1-3-5-6;1-2-3(4)5/h4-8H,1-3H3,(H2,16,20);6H,1-5,7H2;3H,2H2,1H3. The van der Waals surface area contributed by atoms with E-state index in [0.29, 0.717) is 6.04 Å². The molecule has 9 heteroatoms. The fourth-order valence-electron chi connectivity index (χ4n) is 3.34. The lowest BCUT2D eigenvalue weighted by atomic mass is 9.97. The number of aromatic nitrogens is 4. The molecule has 4 N–H and O–H groups in total. The van der Waals surface area contributed by atoms with Gasteiger partial charge < -0.3 is 11.5 Å². The Bertz CT molecular complexity index is 1040. The van der Waals surface area contributed by atoms with E-state index >= 15 is 0 Å². The molecular weight excluding hydrogens is 424 g/mol. The molecule has 0 aromatic carbocycles. The van der Waals surface area contributed by atoms with E-state index in [1.807, 2.05) is 39.2 Å². The third kappa shape index (κ3) is 8.49. The fourth-order valence-corrected chi connectivity index (χ4v) is 3.34. The highest BCUT2D eigenvalue weighted by Crippen LogP contribution is 2.28. The molecule has 0 atom stereocenters. The van der Waals surface area contributed by atoms with Crippen molar-refractivity contribution >= 4 is 23.0 Å². The van der Waals surface area contributed by atoms with E-state index in [9.17, 15) is 8.78 Å². The monoisotopic (exact) mass is 459 g/mol. The molecule has 0 spiro atoms. The first-order valence-electron chi connectivity index (χ1n) is 11.3. The van der Waals surface area contributed by atoms with Gasteiger partial charge in [0.2, 0.25) is 12.4 Å². The number of alkyl halides is 2. The molecule has 180 valence electrons. The number of rotatable bonds is 3. The van der Waals surface area contributed by atoms with Crippen LogP contribution in [0.3, 0.4) is 0 Å². The maximum Gasteiger partial charge on any atom is 0.238 e. The number of nitrogen functional groups attached to an aromatic ring is 1.